The van der Waals surface area contributed by atoms with Crippen LogP contribution in [0.1, 0.15) is 99.8 Å². The number of benzene rings is 4. The highest BCUT2D eigenvalue weighted by molar-refractivity contribution is 6.49. The summed E-state index contributed by atoms with van der Waals surface area (Å²) in [6.07, 6.45) is 9.59. The van der Waals surface area contributed by atoms with Gasteiger partial charge in [0.1, 0.15) is 0 Å². The van der Waals surface area contributed by atoms with Gasteiger partial charge in [-0.3, -0.25) is 9.59 Å². The van der Waals surface area contributed by atoms with E-state index < -0.39 is 11.6 Å². The van der Waals surface area contributed by atoms with Crippen molar-refractivity contribution in [2.75, 3.05) is 0 Å². The zero-order valence-electron chi connectivity index (χ0n) is 28.0. The second-order valence-electron chi connectivity index (χ2n) is 13.2. The van der Waals surface area contributed by atoms with Gasteiger partial charge in [-0.25, -0.2) is 0 Å². The van der Waals surface area contributed by atoms with Crippen molar-refractivity contribution in [1.29, 1.82) is 0 Å². The molecule has 0 aliphatic carbocycles. The third-order valence-corrected chi connectivity index (χ3v) is 10.2. The van der Waals surface area contributed by atoms with E-state index >= 15 is 0 Å². The first-order valence-corrected chi connectivity index (χ1v) is 17.6. The maximum atomic E-state index is 13.8. The van der Waals surface area contributed by atoms with Gasteiger partial charge in [-0.2, -0.15) is 0 Å². The van der Waals surface area contributed by atoms with E-state index in [1.54, 1.807) is 0 Å². The first-order chi connectivity index (χ1) is 22.5. The summed E-state index contributed by atoms with van der Waals surface area (Å²) in [4.78, 5) is 27.6. The molecular formula is C42H48N2O2. The van der Waals surface area contributed by atoms with Gasteiger partial charge in [0.05, 0.1) is 0 Å². The largest absolute Gasteiger partial charge is 0.340 e. The number of unbranched alkanes of at least 4 members (excludes halogenated alkanes) is 2. The summed E-state index contributed by atoms with van der Waals surface area (Å²) in [5, 5.41) is 4.32. The Morgan fingerprint density at radius 1 is 0.522 bits per heavy atom. The predicted octanol–water partition coefficient (Wildman–Crippen LogP) is 11.4. The number of Topliss-reactive ketones (excluding diaryl/α,β-unsaturated/α-hetero) is 2. The van der Waals surface area contributed by atoms with Crippen molar-refractivity contribution in [2.24, 2.45) is 11.8 Å². The number of hydrogen-bond acceptors (Lipinski definition) is 2. The summed E-state index contributed by atoms with van der Waals surface area (Å²) in [5.41, 5.74) is 5.51. The Bertz CT molecular complexity index is 1860. The molecule has 0 fully saturated rings. The number of ketones is 2. The molecule has 0 amide bonds. The number of rotatable bonds is 15. The maximum absolute atomic E-state index is 13.8. The summed E-state index contributed by atoms with van der Waals surface area (Å²) in [7, 11) is 0. The molecular weight excluding hydrogens is 564 g/mol. The Kier molecular flexibility index (Phi) is 9.72. The minimum absolute atomic E-state index is 0.447. The van der Waals surface area contributed by atoms with Crippen molar-refractivity contribution in [3.63, 3.8) is 0 Å². The minimum Gasteiger partial charge on any atom is -0.340 e. The number of aromatic nitrogens is 2. The Morgan fingerprint density at radius 2 is 0.913 bits per heavy atom. The fraction of sp³-hybridized carbons (Fsp3) is 0.381. The molecule has 4 heteroatoms. The fourth-order valence-corrected chi connectivity index (χ4v) is 7.40. The molecule has 238 valence electrons. The second-order valence-corrected chi connectivity index (χ2v) is 13.2. The van der Waals surface area contributed by atoms with E-state index in [-0.39, 0.29) is 0 Å². The van der Waals surface area contributed by atoms with Crippen LogP contribution in [0.15, 0.2) is 84.9 Å². The minimum atomic E-state index is -0.457. The van der Waals surface area contributed by atoms with Crippen molar-refractivity contribution in [2.45, 2.75) is 92.2 Å². The van der Waals surface area contributed by atoms with Gasteiger partial charge in [-0.05, 0) is 73.2 Å². The van der Waals surface area contributed by atoms with Crippen molar-refractivity contribution < 1.29 is 9.59 Å². The highest BCUT2D eigenvalue weighted by Gasteiger charge is 2.23. The first kappa shape index (κ1) is 31.8. The Labute approximate surface area is 273 Å². The Morgan fingerprint density at radius 3 is 1.30 bits per heavy atom. The van der Waals surface area contributed by atoms with E-state index in [2.05, 4.69) is 85.4 Å². The van der Waals surface area contributed by atoms with E-state index in [4.69, 9.17) is 0 Å². The molecule has 0 aliphatic heterocycles. The van der Waals surface area contributed by atoms with E-state index in [1.807, 2.05) is 36.4 Å². The summed E-state index contributed by atoms with van der Waals surface area (Å²) < 4.78 is 4.83. The molecule has 0 radical (unpaired) electrons. The lowest BCUT2D eigenvalue weighted by Gasteiger charge is -2.17. The lowest BCUT2D eigenvalue weighted by Crippen LogP contribution is -2.14. The van der Waals surface area contributed by atoms with Gasteiger partial charge in [0.15, 0.2) is 0 Å². The maximum Gasteiger partial charge on any atom is 0.233 e. The Hall–Kier alpha value is -4.18. The number of carbonyl (C=O) groups is 2. The zero-order valence-corrected chi connectivity index (χ0v) is 28.0. The zero-order chi connectivity index (χ0) is 32.2. The van der Waals surface area contributed by atoms with E-state index in [0.717, 1.165) is 58.5 Å². The molecule has 6 aromatic rings. The van der Waals surface area contributed by atoms with Crippen LogP contribution >= 0.6 is 0 Å². The molecule has 0 N–H and O–H groups in total. The highest BCUT2D eigenvalue weighted by atomic mass is 16.2. The van der Waals surface area contributed by atoms with Crippen LogP contribution in [0.4, 0.5) is 0 Å². The van der Waals surface area contributed by atoms with Crippen LogP contribution in [0.3, 0.4) is 0 Å². The quantitative estimate of drug-likeness (QED) is 0.0855. The van der Waals surface area contributed by atoms with Gasteiger partial charge in [0, 0.05) is 67.8 Å². The van der Waals surface area contributed by atoms with Gasteiger partial charge in [-0.1, -0.05) is 103 Å². The summed E-state index contributed by atoms with van der Waals surface area (Å²) in [6, 6.07) is 28.5. The first-order valence-electron chi connectivity index (χ1n) is 17.6. The number of fused-ring (bicyclic) bond motifs is 6. The fourth-order valence-electron chi connectivity index (χ4n) is 7.40. The van der Waals surface area contributed by atoms with Crippen LogP contribution in [0, 0.1) is 11.8 Å². The monoisotopic (exact) mass is 612 g/mol. The van der Waals surface area contributed by atoms with Crippen LogP contribution in [0.2, 0.25) is 0 Å². The van der Waals surface area contributed by atoms with Crippen LogP contribution in [-0.4, -0.2) is 20.7 Å². The van der Waals surface area contributed by atoms with Crippen LogP contribution in [-0.2, 0) is 13.1 Å². The standard InChI is InChI=1S/C42H48N2O2/c1-5-9-15-29(7-3)27-43-37-19-13-11-17-33(37)35-25-31(21-23-39(35)43)41(45)42(46)32-22-24-40-36(26-32)34-18-12-14-20-38(34)44(40)28-30(8-4)16-10-6-2/h11-14,17-26,29-30H,5-10,15-16,27-28H2,1-4H3. The number of hydrogen-bond donors (Lipinski definition) is 0. The molecule has 6 rings (SSSR count). The number of para-hydroxylation sites is 2. The molecule has 2 aromatic heterocycles. The average Bonchev–Trinajstić information content (AvgIpc) is 3.58. The molecule has 4 aromatic carbocycles. The average molecular weight is 613 g/mol. The number of nitrogens with zero attached hydrogens (tertiary/aromatic N) is 2. The molecule has 0 saturated carbocycles. The highest BCUT2D eigenvalue weighted by Crippen LogP contribution is 2.34. The smallest absolute Gasteiger partial charge is 0.233 e. The molecule has 0 saturated heterocycles. The topological polar surface area (TPSA) is 44.0 Å². The second kappa shape index (κ2) is 14.1. The molecule has 2 unspecified atom stereocenters. The molecule has 0 bridgehead atoms. The third kappa shape index (κ3) is 6.02. The van der Waals surface area contributed by atoms with Crippen molar-refractivity contribution >= 4 is 55.2 Å². The van der Waals surface area contributed by atoms with Gasteiger partial charge in [-0.15, -0.1) is 0 Å². The van der Waals surface area contributed by atoms with E-state index in [9.17, 15) is 9.59 Å². The molecule has 4 nitrogen and oxygen atoms in total. The SMILES string of the molecule is CCCCC(CC)Cn1c2ccccc2c2cc(C(=O)C(=O)c3ccc4c(c3)c3ccccc3n4CC(CC)CCCC)ccc21. The summed E-state index contributed by atoms with van der Waals surface area (Å²) >= 11 is 0. The third-order valence-electron chi connectivity index (χ3n) is 10.2. The molecule has 46 heavy (non-hydrogen) atoms. The van der Waals surface area contributed by atoms with Crippen LogP contribution in [0.5, 0.6) is 0 Å². The van der Waals surface area contributed by atoms with Crippen molar-refractivity contribution in [1.82, 2.24) is 9.13 Å². The lowest BCUT2D eigenvalue weighted by atomic mass is 9.98. The normalized spacial score (nSPS) is 13.2. The number of carbonyl (C=O) groups excluding carboxylic acids is 2. The van der Waals surface area contributed by atoms with Gasteiger partial charge in [0.2, 0.25) is 11.6 Å². The lowest BCUT2D eigenvalue weighted by molar-refractivity contribution is 0.0817. The predicted molar refractivity (Wildman–Crippen MR) is 194 cm³/mol. The van der Waals surface area contributed by atoms with Crippen LogP contribution < -0.4 is 0 Å². The van der Waals surface area contributed by atoms with Gasteiger partial charge >= 0.3 is 0 Å². The Balaban J connectivity index is 1.34. The molecule has 0 aliphatic rings. The van der Waals surface area contributed by atoms with Crippen molar-refractivity contribution in [3.05, 3.63) is 96.1 Å². The molecule has 0 spiro atoms. The molecule has 2 atom stereocenters. The molecule has 2 heterocycles. The van der Waals surface area contributed by atoms with E-state index in [1.165, 1.54) is 49.6 Å². The van der Waals surface area contributed by atoms with Gasteiger partial charge in [0.25, 0.3) is 0 Å². The van der Waals surface area contributed by atoms with E-state index in [0.29, 0.717) is 23.0 Å². The van der Waals surface area contributed by atoms with Crippen molar-refractivity contribution in [3.8, 4) is 0 Å². The summed E-state index contributed by atoms with van der Waals surface area (Å²) in [6.45, 7) is 11.0. The summed E-state index contributed by atoms with van der Waals surface area (Å²) in [5.74, 6) is 0.294. The van der Waals surface area contributed by atoms with Crippen LogP contribution in [0.25, 0.3) is 43.6 Å². The van der Waals surface area contributed by atoms with Gasteiger partial charge < -0.3 is 9.13 Å².